The molecule has 6 heteroatoms. The average molecular weight is 301 g/mol. The van der Waals surface area contributed by atoms with E-state index < -0.39 is 16.1 Å². The molecule has 1 aromatic rings. The highest BCUT2D eigenvalue weighted by atomic mass is 32.2. The number of hydrogen-bond donors (Lipinski definition) is 2. The van der Waals surface area contributed by atoms with E-state index in [0.717, 1.165) is 12.8 Å². The Morgan fingerprint density at radius 2 is 2.10 bits per heavy atom. The summed E-state index contributed by atoms with van der Waals surface area (Å²) in [6, 6.07) is 6.29. The van der Waals surface area contributed by atoms with Crippen LogP contribution in [-0.4, -0.2) is 33.3 Å². The number of nitrogens with one attached hydrogen (secondary N) is 1. The molecule has 1 atom stereocenters. The van der Waals surface area contributed by atoms with E-state index in [9.17, 15) is 13.5 Å². The summed E-state index contributed by atoms with van der Waals surface area (Å²) in [6.07, 6.45) is 1.34. The molecule has 0 aromatic heterocycles. The second-order valence-electron chi connectivity index (χ2n) is 4.61. The minimum Gasteiger partial charge on any atom is -0.389 e. The van der Waals surface area contributed by atoms with E-state index >= 15 is 0 Å². The molecule has 5 nitrogen and oxygen atoms in total. The van der Waals surface area contributed by atoms with Gasteiger partial charge in [-0.3, -0.25) is 0 Å². The van der Waals surface area contributed by atoms with Gasteiger partial charge in [-0.2, -0.15) is 0 Å². The van der Waals surface area contributed by atoms with Crippen LogP contribution in [0.4, 0.5) is 0 Å². The third-order valence-corrected chi connectivity index (χ3v) is 4.29. The summed E-state index contributed by atoms with van der Waals surface area (Å²) >= 11 is 0. The summed E-state index contributed by atoms with van der Waals surface area (Å²) in [6.45, 7) is 4.91. The molecule has 1 rings (SSSR count). The van der Waals surface area contributed by atoms with Gasteiger partial charge in [-0.1, -0.05) is 25.5 Å². The third-order valence-electron chi connectivity index (χ3n) is 2.83. The molecule has 0 bridgehead atoms. The standard InChI is InChI=1S/C14H23NO4S/c1-3-4-9-19-10-8-15-20(17,18)14-7-5-6-13(11-14)12(2)16/h5-7,11-12,15-16H,3-4,8-10H2,1-2H3. The van der Waals surface area contributed by atoms with Crippen LogP contribution in [0.15, 0.2) is 29.2 Å². The van der Waals surface area contributed by atoms with Gasteiger partial charge >= 0.3 is 0 Å². The molecule has 0 aliphatic heterocycles. The lowest BCUT2D eigenvalue weighted by atomic mass is 10.1. The summed E-state index contributed by atoms with van der Waals surface area (Å²) in [5.41, 5.74) is 0.576. The van der Waals surface area contributed by atoms with Crippen molar-refractivity contribution in [2.24, 2.45) is 0 Å². The number of sulfonamides is 1. The predicted octanol–water partition coefficient (Wildman–Crippen LogP) is 1.83. The van der Waals surface area contributed by atoms with E-state index in [-0.39, 0.29) is 11.4 Å². The summed E-state index contributed by atoms with van der Waals surface area (Å²) in [4.78, 5) is 0.157. The van der Waals surface area contributed by atoms with Crippen molar-refractivity contribution in [1.82, 2.24) is 4.72 Å². The molecule has 0 saturated heterocycles. The lowest BCUT2D eigenvalue weighted by Gasteiger charge is -2.10. The van der Waals surface area contributed by atoms with Gasteiger partial charge in [0.25, 0.3) is 0 Å². The lowest BCUT2D eigenvalue weighted by molar-refractivity contribution is 0.136. The van der Waals surface area contributed by atoms with Crippen LogP contribution in [0.25, 0.3) is 0 Å². The first-order chi connectivity index (χ1) is 9.47. The molecule has 0 aliphatic rings. The fraction of sp³-hybridized carbons (Fsp3) is 0.571. The molecule has 114 valence electrons. The third kappa shape index (κ3) is 5.58. The fourth-order valence-electron chi connectivity index (χ4n) is 1.62. The van der Waals surface area contributed by atoms with E-state index in [4.69, 9.17) is 4.74 Å². The van der Waals surface area contributed by atoms with Crippen LogP contribution in [0, 0.1) is 0 Å². The van der Waals surface area contributed by atoms with Crippen LogP contribution in [0.3, 0.4) is 0 Å². The summed E-state index contributed by atoms with van der Waals surface area (Å²) in [7, 11) is -3.55. The van der Waals surface area contributed by atoms with Crippen LogP contribution >= 0.6 is 0 Å². The van der Waals surface area contributed by atoms with Gasteiger partial charge in [0, 0.05) is 13.2 Å². The normalized spacial score (nSPS) is 13.3. The quantitative estimate of drug-likeness (QED) is 0.682. The molecule has 0 saturated carbocycles. The average Bonchev–Trinajstić information content (AvgIpc) is 2.43. The van der Waals surface area contributed by atoms with Gasteiger partial charge in [0.1, 0.15) is 0 Å². The Morgan fingerprint density at radius 1 is 1.35 bits per heavy atom. The molecule has 0 heterocycles. The number of benzene rings is 1. The number of unbranched alkanes of at least 4 members (excludes halogenated alkanes) is 1. The zero-order valence-electron chi connectivity index (χ0n) is 12.0. The van der Waals surface area contributed by atoms with Gasteiger partial charge in [0.05, 0.1) is 17.6 Å². The molecule has 0 aliphatic carbocycles. The molecule has 0 radical (unpaired) electrons. The predicted molar refractivity (Wildman–Crippen MR) is 78.0 cm³/mol. The zero-order chi connectivity index (χ0) is 15.0. The van der Waals surface area contributed by atoms with Crippen molar-refractivity contribution >= 4 is 10.0 Å². The second kappa shape index (κ2) is 8.36. The van der Waals surface area contributed by atoms with E-state index in [0.29, 0.717) is 18.8 Å². The Balaban J connectivity index is 2.54. The summed E-state index contributed by atoms with van der Waals surface area (Å²) in [5.74, 6) is 0. The van der Waals surface area contributed by atoms with Crippen molar-refractivity contribution in [3.05, 3.63) is 29.8 Å². The first-order valence-electron chi connectivity index (χ1n) is 6.83. The van der Waals surface area contributed by atoms with Crippen LogP contribution in [0.2, 0.25) is 0 Å². The number of ether oxygens (including phenoxy) is 1. The lowest BCUT2D eigenvalue weighted by Crippen LogP contribution is -2.27. The molecule has 1 aromatic carbocycles. The van der Waals surface area contributed by atoms with Crippen molar-refractivity contribution in [3.63, 3.8) is 0 Å². The van der Waals surface area contributed by atoms with Crippen molar-refractivity contribution in [3.8, 4) is 0 Å². The minimum atomic E-state index is -3.55. The largest absolute Gasteiger partial charge is 0.389 e. The highest BCUT2D eigenvalue weighted by Crippen LogP contribution is 2.16. The first kappa shape index (κ1) is 17.1. The highest BCUT2D eigenvalue weighted by molar-refractivity contribution is 7.89. The first-order valence-corrected chi connectivity index (χ1v) is 8.31. The minimum absolute atomic E-state index is 0.157. The van der Waals surface area contributed by atoms with Crippen molar-refractivity contribution in [2.75, 3.05) is 19.8 Å². The molecule has 0 amide bonds. The van der Waals surface area contributed by atoms with Crippen LogP contribution in [-0.2, 0) is 14.8 Å². The molecule has 2 N–H and O–H groups in total. The Bertz CT molecular complexity index is 500. The molecule has 0 fully saturated rings. The van der Waals surface area contributed by atoms with Gasteiger partial charge in [-0.05, 0) is 31.0 Å². The Labute approximate surface area is 121 Å². The van der Waals surface area contributed by atoms with Gasteiger partial charge in [-0.15, -0.1) is 0 Å². The zero-order valence-corrected chi connectivity index (χ0v) is 12.8. The Kier molecular flexibility index (Phi) is 7.15. The number of hydrogen-bond acceptors (Lipinski definition) is 4. The monoisotopic (exact) mass is 301 g/mol. The van der Waals surface area contributed by atoms with E-state index in [2.05, 4.69) is 11.6 Å². The van der Waals surface area contributed by atoms with Crippen molar-refractivity contribution in [2.45, 2.75) is 37.7 Å². The molecular weight excluding hydrogens is 278 g/mol. The SMILES string of the molecule is CCCCOCCNS(=O)(=O)c1cccc(C(C)O)c1. The second-order valence-corrected chi connectivity index (χ2v) is 6.38. The number of rotatable bonds is 9. The van der Waals surface area contributed by atoms with Gasteiger partial charge < -0.3 is 9.84 Å². The topological polar surface area (TPSA) is 75.6 Å². The molecular formula is C14H23NO4S. The molecule has 20 heavy (non-hydrogen) atoms. The van der Waals surface area contributed by atoms with Crippen LogP contribution in [0.5, 0.6) is 0 Å². The summed E-state index contributed by atoms with van der Waals surface area (Å²) in [5, 5.41) is 9.48. The van der Waals surface area contributed by atoms with E-state index in [1.807, 2.05) is 0 Å². The van der Waals surface area contributed by atoms with Crippen LogP contribution in [0.1, 0.15) is 38.4 Å². The van der Waals surface area contributed by atoms with Crippen molar-refractivity contribution in [1.29, 1.82) is 0 Å². The number of aliphatic hydroxyl groups is 1. The molecule has 1 unspecified atom stereocenters. The molecule has 0 spiro atoms. The van der Waals surface area contributed by atoms with Crippen molar-refractivity contribution < 1.29 is 18.3 Å². The van der Waals surface area contributed by atoms with Gasteiger partial charge in [0.2, 0.25) is 10.0 Å². The Morgan fingerprint density at radius 3 is 2.75 bits per heavy atom. The van der Waals surface area contributed by atoms with Crippen LogP contribution < -0.4 is 4.72 Å². The van der Waals surface area contributed by atoms with E-state index in [1.54, 1.807) is 19.1 Å². The van der Waals surface area contributed by atoms with Gasteiger partial charge in [0.15, 0.2) is 0 Å². The Hall–Kier alpha value is -0.950. The van der Waals surface area contributed by atoms with E-state index in [1.165, 1.54) is 12.1 Å². The highest BCUT2D eigenvalue weighted by Gasteiger charge is 2.14. The maximum atomic E-state index is 12.0. The maximum Gasteiger partial charge on any atom is 0.240 e. The number of aliphatic hydroxyl groups excluding tert-OH is 1. The maximum absolute atomic E-state index is 12.0. The fourth-order valence-corrected chi connectivity index (χ4v) is 2.69. The summed E-state index contributed by atoms with van der Waals surface area (Å²) < 4.78 is 31.9. The smallest absolute Gasteiger partial charge is 0.240 e. The van der Waals surface area contributed by atoms with Gasteiger partial charge in [-0.25, -0.2) is 13.1 Å².